The van der Waals surface area contributed by atoms with Crippen molar-refractivity contribution in [2.75, 3.05) is 20.8 Å². The summed E-state index contributed by atoms with van der Waals surface area (Å²) in [6, 6.07) is 8.03. The summed E-state index contributed by atoms with van der Waals surface area (Å²) < 4.78 is 5.15. The molecule has 0 amide bonds. The second kappa shape index (κ2) is 5.87. The Morgan fingerprint density at radius 2 is 1.81 bits per heavy atom. The molecule has 3 heteroatoms. The average Bonchev–Trinajstić information content (AvgIpc) is 2.28. The van der Waals surface area contributed by atoms with E-state index in [4.69, 9.17) is 4.74 Å². The van der Waals surface area contributed by atoms with E-state index < -0.39 is 0 Å². The van der Waals surface area contributed by atoms with Gasteiger partial charge in [-0.1, -0.05) is 12.1 Å². The van der Waals surface area contributed by atoms with Crippen molar-refractivity contribution in [2.24, 2.45) is 0 Å². The molecule has 0 aliphatic carbocycles. The normalized spacial score (nSPS) is 15.1. The maximum Gasteiger partial charge on any atom is 0.115 e. The Balaban J connectivity index is 2.69. The second-order valence-electron chi connectivity index (χ2n) is 4.24. The molecule has 0 aromatic heterocycles. The van der Waals surface area contributed by atoms with Crippen molar-refractivity contribution in [2.45, 2.75) is 25.9 Å². The lowest BCUT2D eigenvalue weighted by Crippen LogP contribution is -2.34. The molecule has 0 aliphatic heterocycles. The predicted molar refractivity (Wildman–Crippen MR) is 65.6 cm³/mol. The monoisotopic (exact) mass is 223 g/mol. The molecule has 0 aliphatic rings. The highest BCUT2D eigenvalue weighted by molar-refractivity contribution is 5.27. The van der Waals surface area contributed by atoms with E-state index in [0.717, 1.165) is 6.61 Å². The standard InChI is InChI=1S/C13H21NO2/c1-10(9-16-4)14(3)11(2)12-5-7-13(15)8-6-12/h5-8,10-11,15H,9H2,1-4H3. The molecule has 2 unspecified atom stereocenters. The number of likely N-dealkylation sites (N-methyl/N-ethyl adjacent to an activating group) is 1. The maximum absolute atomic E-state index is 9.24. The molecular weight excluding hydrogens is 202 g/mol. The molecular formula is C13H21NO2. The van der Waals surface area contributed by atoms with Crippen LogP contribution >= 0.6 is 0 Å². The lowest BCUT2D eigenvalue weighted by molar-refractivity contribution is 0.0939. The van der Waals surface area contributed by atoms with Crippen LogP contribution in [0.2, 0.25) is 0 Å². The van der Waals surface area contributed by atoms with Crippen molar-refractivity contribution < 1.29 is 9.84 Å². The number of rotatable bonds is 5. The van der Waals surface area contributed by atoms with Crippen LogP contribution in [0.25, 0.3) is 0 Å². The largest absolute Gasteiger partial charge is 0.508 e. The van der Waals surface area contributed by atoms with Gasteiger partial charge in [0.05, 0.1) is 6.61 Å². The first-order chi connectivity index (χ1) is 7.56. The van der Waals surface area contributed by atoms with Crippen LogP contribution in [0.3, 0.4) is 0 Å². The van der Waals surface area contributed by atoms with Crippen LogP contribution in [0.1, 0.15) is 25.5 Å². The fraction of sp³-hybridized carbons (Fsp3) is 0.538. The predicted octanol–water partition coefficient (Wildman–Crippen LogP) is 2.42. The number of nitrogens with zero attached hydrogens (tertiary/aromatic N) is 1. The zero-order valence-electron chi connectivity index (χ0n) is 10.5. The Kier molecular flexibility index (Phi) is 4.77. The molecule has 3 nitrogen and oxygen atoms in total. The van der Waals surface area contributed by atoms with E-state index in [-0.39, 0.29) is 0 Å². The topological polar surface area (TPSA) is 32.7 Å². The summed E-state index contributed by atoms with van der Waals surface area (Å²) in [7, 11) is 3.80. The Hall–Kier alpha value is -1.06. The summed E-state index contributed by atoms with van der Waals surface area (Å²) in [6.45, 7) is 5.01. The van der Waals surface area contributed by atoms with Crippen LogP contribution in [0.5, 0.6) is 5.75 Å². The maximum atomic E-state index is 9.24. The van der Waals surface area contributed by atoms with Crippen molar-refractivity contribution in [3.8, 4) is 5.75 Å². The Morgan fingerprint density at radius 1 is 1.25 bits per heavy atom. The van der Waals surface area contributed by atoms with Crippen LogP contribution in [-0.4, -0.2) is 36.8 Å². The molecule has 0 bridgehead atoms. The van der Waals surface area contributed by atoms with E-state index in [1.165, 1.54) is 5.56 Å². The van der Waals surface area contributed by atoms with E-state index in [1.54, 1.807) is 19.2 Å². The first-order valence-electron chi connectivity index (χ1n) is 5.56. The van der Waals surface area contributed by atoms with Crippen LogP contribution in [0.15, 0.2) is 24.3 Å². The van der Waals surface area contributed by atoms with Crippen molar-refractivity contribution >= 4 is 0 Å². The molecule has 0 radical (unpaired) electrons. The van der Waals surface area contributed by atoms with Gasteiger partial charge in [-0.3, -0.25) is 4.90 Å². The van der Waals surface area contributed by atoms with Crippen LogP contribution < -0.4 is 0 Å². The molecule has 0 heterocycles. The molecule has 2 atom stereocenters. The van der Waals surface area contributed by atoms with Crippen LogP contribution in [0.4, 0.5) is 0 Å². The summed E-state index contributed by atoms with van der Waals surface area (Å²) in [5, 5.41) is 9.24. The van der Waals surface area contributed by atoms with Crippen molar-refractivity contribution in [1.29, 1.82) is 0 Å². The summed E-state index contributed by atoms with van der Waals surface area (Å²) in [5.74, 6) is 0.309. The van der Waals surface area contributed by atoms with Gasteiger partial charge in [0.1, 0.15) is 5.75 Å². The minimum absolute atomic E-state index is 0.309. The van der Waals surface area contributed by atoms with Gasteiger partial charge in [0.2, 0.25) is 0 Å². The number of methoxy groups -OCH3 is 1. The quantitative estimate of drug-likeness (QED) is 0.832. The number of aromatic hydroxyl groups is 1. The SMILES string of the molecule is COCC(C)N(C)C(C)c1ccc(O)cc1. The highest BCUT2D eigenvalue weighted by Gasteiger charge is 2.16. The van der Waals surface area contributed by atoms with Gasteiger partial charge in [0.15, 0.2) is 0 Å². The first-order valence-corrected chi connectivity index (χ1v) is 5.56. The van der Waals surface area contributed by atoms with E-state index in [0.29, 0.717) is 17.8 Å². The molecule has 1 aromatic rings. The van der Waals surface area contributed by atoms with Crippen molar-refractivity contribution in [3.05, 3.63) is 29.8 Å². The molecule has 0 fully saturated rings. The summed E-state index contributed by atoms with van der Waals surface area (Å²) in [6.07, 6.45) is 0. The number of phenolic OH excluding ortho intramolecular Hbond substituents is 1. The molecule has 90 valence electrons. The summed E-state index contributed by atoms with van der Waals surface area (Å²) >= 11 is 0. The third-order valence-electron chi connectivity index (χ3n) is 3.09. The molecule has 1 aromatic carbocycles. The molecule has 1 rings (SSSR count). The van der Waals surface area contributed by atoms with Gasteiger partial charge in [0, 0.05) is 19.2 Å². The van der Waals surface area contributed by atoms with Gasteiger partial charge in [-0.25, -0.2) is 0 Å². The van der Waals surface area contributed by atoms with E-state index in [2.05, 4.69) is 25.8 Å². The van der Waals surface area contributed by atoms with E-state index in [9.17, 15) is 5.11 Å². The van der Waals surface area contributed by atoms with Gasteiger partial charge in [0.25, 0.3) is 0 Å². The lowest BCUT2D eigenvalue weighted by Gasteiger charge is -2.30. The molecule has 16 heavy (non-hydrogen) atoms. The smallest absolute Gasteiger partial charge is 0.115 e. The summed E-state index contributed by atoms with van der Waals surface area (Å²) in [5.41, 5.74) is 1.20. The number of hydrogen-bond donors (Lipinski definition) is 1. The average molecular weight is 223 g/mol. The third-order valence-corrected chi connectivity index (χ3v) is 3.09. The van der Waals surface area contributed by atoms with Crippen molar-refractivity contribution in [3.63, 3.8) is 0 Å². The highest BCUT2D eigenvalue weighted by atomic mass is 16.5. The highest BCUT2D eigenvalue weighted by Crippen LogP contribution is 2.22. The van der Waals surface area contributed by atoms with E-state index in [1.807, 2.05) is 12.1 Å². The Labute approximate surface area is 97.7 Å². The first kappa shape index (κ1) is 13.0. The van der Waals surface area contributed by atoms with Crippen LogP contribution in [-0.2, 0) is 4.74 Å². The van der Waals surface area contributed by atoms with Crippen molar-refractivity contribution in [1.82, 2.24) is 4.90 Å². The molecule has 1 N–H and O–H groups in total. The van der Waals surface area contributed by atoms with Gasteiger partial charge < -0.3 is 9.84 Å². The number of hydrogen-bond acceptors (Lipinski definition) is 3. The lowest BCUT2D eigenvalue weighted by atomic mass is 10.1. The van der Waals surface area contributed by atoms with Gasteiger partial charge in [-0.05, 0) is 38.6 Å². The zero-order valence-corrected chi connectivity index (χ0v) is 10.5. The number of ether oxygens (including phenoxy) is 1. The van der Waals surface area contributed by atoms with Gasteiger partial charge in [-0.2, -0.15) is 0 Å². The van der Waals surface area contributed by atoms with Gasteiger partial charge in [-0.15, -0.1) is 0 Å². The van der Waals surface area contributed by atoms with Gasteiger partial charge >= 0.3 is 0 Å². The second-order valence-corrected chi connectivity index (χ2v) is 4.24. The Bertz CT molecular complexity index is 310. The zero-order chi connectivity index (χ0) is 12.1. The molecule has 0 saturated heterocycles. The van der Waals surface area contributed by atoms with E-state index >= 15 is 0 Å². The number of phenols is 1. The fourth-order valence-corrected chi connectivity index (χ4v) is 1.73. The minimum atomic E-state index is 0.309. The molecule has 0 saturated carbocycles. The van der Waals surface area contributed by atoms with Crippen LogP contribution in [0, 0.1) is 0 Å². The Morgan fingerprint density at radius 3 is 2.31 bits per heavy atom. The number of benzene rings is 1. The third kappa shape index (κ3) is 3.22. The minimum Gasteiger partial charge on any atom is -0.508 e. The summed E-state index contributed by atoms with van der Waals surface area (Å²) in [4.78, 5) is 2.26. The fourth-order valence-electron chi connectivity index (χ4n) is 1.73. The molecule has 0 spiro atoms.